The second-order valence-electron chi connectivity index (χ2n) is 4.23. The number of hydrogen-bond acceptors (Lipinski definition) is 4. The molecule has 0 bridgehead atoms. The standard InChI is InChI=1S/C13H12Cl2N2O3S/c1-8-5-12(11(15)6-10(8)14)21(18,19)17-9-3-4-13(20-2)16-7-9/h3-7,17H,1-2H3. The largest absolute Gasteiger partial charge is 0.481 e. The van der Waals surface area contributed by atoms with Gasteiger partial charge in [0.1, 0.15) is 4.90 Å². The molecule has 0 unspecified atom stereocenters. The van der Waals surface area contributed by atoms with Gasteiger partial charge in [-0.3, -0.25) is 4.72 Å². The molecule has 8 heteroatoms. The number of sulfonamides is 1. The second-order valence-corrected chi connectivity index (χ2v) is 6.69. The topological polar surface area (TPSA) is 68.3 Å². The quantitative estimate of drug-likeness (QED) is 0.919. The lowest BCUT2D eigenvalue weighted by molar-refractivity contribution is 0.398. The van der Waals surface area contributed by atoms with Gasteiger partial charge in [0.25, 0.3) is 10.0 Å². The molecule has 0 saturated carbocycles. The second kappa shape index (κ2) is 6.09. The summed E-state index contributed by atoms with van der Waals surface area (Å²) in [4.78, 5) is 3.89. The highest BCUT2D eigenvalue weighted by Gasteiger charge is 2.19. The molecular weight excluding hydrogens is 335 g/mol. The van der Waals surface area contributed by atoms with Crippen LogP contribution in [0.5, 0.6) is 5.88 Å². The van der Waals surface area contributed by atoms with Crippen molar-refractivity contribution >= 4 is 38.9 Å². The third-order valence-corrected chi connectivity index (χ3v) is 4.95. The number of rotatable bonds is 4. The molecule has 0 atom stereocenters. The molecule has 0 aliphatic rings. The van der Waals surface area contributed by atoms with Gasteiger partial charge in [0.2, 0.25) is 5.88 Å². The molecular formula is C13H12Cl2N2O3S. The Bertz CT molecular complexity index is 762. The third-order valence-electron chi connectivity index (χ3n) is 2.70. The summed E-state index contributed by atoms with van der Waals surface area (Å²) in [6.45, 7) is 1.70. The first-order chi connectivity index (χ1) is 9.83. The number of anilines is 1. The van der Waals surface area contributed by atoms with Crippen LogP contribution in [0.3, 0.4) is 0 Å². The van der Waals surface area contributed by atoms with E-state index in [0.717, 1.165) is 0 Å². The highest BCUT2D eigenvalue weighted by atomic mass is 35.5. The zero-order valence-electron chi connectivity index (χ0n) is 11.2. The zero-order chi connectivity index (χ0) is 15.6. The van der Waals surface area contributed by atoms with Gasteiger partial charge < -0.3 is 4.74 Å². The normalized spacial score (nSPS) is 11.2. The maximum Gasteiger partial charge on any atom is 0.263 e. The van der Waals surface area contributed by atoms with Crippen LogP contribution in [-0.2, 0) is 10.0 Å². The zero-order valence-corrected chi connectivity index (χ0v) is 13.6. The number of nitrogens with zero attached hydrogens (tertiary/aromatic N) is 1. The van der Waals surface area contributed by atoms with Crippen molar-refractivity contribution in [3.05, 3.63) is 46.1 Å². The molecule has 2 aromatic rings. The van der Waals surface area contributed by atoms with Crippen LogP contribution in [0.1, 0.15) is 5.56 Å². The molecule has 1 aromatic heterocycles. The van der Waals surface area contributed by atoms with E-state index in [-0.39, 0.29) is 9.92 Å². The molecule has 1 heterocycles. The first-order valence-corrected chi connectivity index (χ1v) is 8.06. The van der Waals surface area contributed by atoms with E-state index in [1.54, 1.807) is 19.1 Å². The van der Waals surface area contributed by atoms with E-state index >= 15 is 0 Å². The van der Waals surface area contributed by atoms with Gasteiger partial charge in [0.05, 0.1) is 24.0 Å². The molecule has 0 amide bonds. The Labute approximate surface area is 132 Å². The molecule has 0 aliphatic carbocycles. The maximum absolute atomic E-state index is 12.3. The predicted octanol–water partition coefficient (Wildman–Crippen LogP) is 3.51. The fraction of sp³-hybridized carbons (Fsp3) is 0.154. The molecule has 1 N–H and O–H groups in total. The third kappa shape index (κ3) is 3.58. The van der Waals surface area contributed by atoms with Gasteiger partial charge in [-0.15, -0.1) is 0 Å². The number of nitrogens with one attached hydrogen (secondary N) is 1. The van der Waals surface area contributed by atoms with E-state index in [4.69, 9.17) is 27.9 Å². The summed E-state index contributed by atoms with van der Waals surface area (Å²) in [7, 11) is -2.35. The minimum Gasteiger partial charge on any atom is -0.481 e. The van der Waals surface area contributed by atoms with Gasteiger partial charge in [-0.05, 0) is 30.7 Å². The number of methoxy groups -OCH3 is 1. The van der Waals surface area contributed by atoms with E-state index in [1.807, 2.05) is 0 Å². The smallest absolute Gasteiger partial charge is 0.263 e. The minimum atomic E-state index is -3.82. The van der Waals surface area contributed by atoms with Crippen molar-refractivity contribution in [2.75, 3.05) is 11.8 Å². The monoisotopic (exact) mass is 346 g/mol. The number of halogens is 2. The Morgan fingerprint density at radius 2 is 1.90 bits per heavy atom. The Kier molecular flexibility index (Phi) is 4.61. The fourth-order valence-electron chi connectivity index (χ4n) is 1.61. The molecule has 0 fully saturated rings. The summed E-state index contributed by atoms with van der Waals surface area (Å²) >= 11 is 11.9. The summed E-state index contributed by atoms with van der Waals surface area (Å²) in [6, 6.07) is 5.91. The Morgan fingerprint density at radius 1 is 1.19 bits per heavy atom. The Balaban J connectivity index is 2.35. The van der Waals surface area contributed by atoms with Crippen LogP contribution in [0.2, 0.25) is 10.0 Å². The molecule has 0 radical (unpaired) electrons. The average molecular weight is 347 g/mol. The molecule has 21 heavy (non-hydrogen) atoms. The fourth-order valence-corrected chi connectivity index (χ4v) is 3.48. The predicted molar refractivity (Wildman–Crippen MR) is 82.8 cm³/mol. The van der Waals surface area contributed by atoms with Gasteiger partial charge in [0, 0.05) is 11.1 Å². The summed E-state index contributed by atoms with van der Waals surface area (Å²) in [5.41, 5.74) is 0.925. The van der Waals surface area contributed by atoms with Gasteiger partial charge in [-0.2, -0.15) is 0 Å². The van der Waals surface area contributed by atoms with Gasteiger partial charge in [-0.25, -0.2) is 13.4 Å². The van der Waals surface area contributed by atoms with Crippen molar-refractivity contribution < 1.29 is 13.2 Å². The number of aryl methyl sites for hydroxylation is 1. The molecule has 0 aliphatic heterocycles. The van der Waals surface area contributed by atoms with E-state index < -0.39 is 10.0 Å². The van der Waals surface area contributed by atoms with Crippen molar-refractivity contribution in [2.45, 2.75) is 11.8 Å². The Morgan fingerprint density at radius 3 is 2.48 bits per heavy atom. The molecule has 5 nitrogen and oxygen atoms in total. The highest BCUT2D eigenvalue weighted by molar-refractivity contribution is 7.92. The van der Waals surface area contributed by atoms with Crippen LogP contribution in [0.4, 0.5) is 5.69 Å². The van der Waals surface area contributed by atoms with Crippen LogP contribution in [0, 0.1) is 6.92 Å². The van der Waals surface area contributed by atoms with Crippen molar-refractivity contribution in [3.8, 4) is 5.88 Å². The van der Waals surface area contributed by atoms with E-state index in [9.17, 15) is 8.42 Å². The van der Waals surface area contributed by atoms with E-state index in [0.29, 0.717) is 22.2 Å². The molecule has 0 spiro atoms. The maximum atomic E-state index is 12.3. The van der Waals surface area contributed by atoms with Crippen molar-refractivity contribution in [1.29, 1.82) is 0 Å². The summed E-state index contributed by atoms with van der Waals surface area (Å²) < 4.78 is 32.0. The molecule has 112 valence electrons. The summed E-state index contributed by atoms with van der Waals surface area (Å²) in [5, 5.41) is 0.463. The van der Waals surface area contributed by atoms with E-state index in [1.165, 1.54) is 25.4 Å². The van der Waals surface area contributed by atoms with Crippen molar-refractivity contribution in [2.24, 2.45) is 0 Å². The first kappa shape index (κ1) is 15.9. The van der Waals surface area contributed by atoms with Crippen molar-refractivity contribution in [3.63, 3.8) is 0 Å². The molecule has 0 saturated heterocycles. The number of aromatic nitrogens is 1. The summed E-state index contributed by atoms with van der Waals surface area (Å²) in [6.07, 6.45) is 1.35. The van der Waals surface area contributed by atoms with Gasteiger partial charge in [0.15, 0.2) is 0 Å². The number of ether oxygens (including phenoxy) is 1. The van der Waals surface area contributed by atoms with E-state index in [2.05, 4.69) is 9.71 Å². The van der Waals surface area contributed by atoms with Gasteiger partial charge in [-0.1, -0.05) is 23.2 Å². The minimum absolute atomic E-state index is 0.0399. The summed E-state index contributed by atoms with van der Waals surface area (Å²) in [5.74, 6) is 0.387. The SMILES string of the molecule is COc1ccc(NS(=O)(=O)c2cc(C)c(Cl)cc2Cl)cn1. The first-order valence-electron chi connectivity index (χ1n) is 5.82. The molecule has 2 rings (SSSR count). The average Bonchev–Trinajstić information content (AvgIpc) is 2.43. The van der Waals surface area contributed by atoms with Crippen LogP contribution in [0.25, 0.3) is 0 Å². The van der Waals surface area contributed by atoms with Crippen molar-refractivity contribution in [1.82, 2.24) is 4.98 Å². The Hall–Kier alpha value is -1.50. The van der Waals surface area contributed by atoms with Crippen LogP contribution >= 0.6 is 23.2 Å². The lowest BCUT2D eigenvalue weighted by Gasteiger charge is -2.11. The van der Waals surface area contributed by atoms with Crippen LogP contribution in [0.15, 0.2) is 35.4 Å². The number of pyridine rings is 1. The molecule has 1 aromatic carbocycles. The number of benzene rings is 1. The van der Waals surface area contributed by atoms with Crippen LogP contribution in [-0.4, -0.2) is 20.5 Å². The highest BCUT2D eigenvalue weighted by Crippen LogP contribution is 2.29. The number of hydrogen-bond donors (Lipinski definition) is 1. The van der Waals surface area contributed by atoms with Crippen LogP contribution < -0.4 is 9.46 Å². The van der Waals surface area contributed by atoms with Gasteiger partial charge >= 0.3 is 0 Å². The lowest BCUT2D eigenvalue weighted by atomic mass is 10.2. The lowest BCUT2D eigenvalue weighted by Crippen LogP contribution is -2.14.